The number of guanidine groups is 1. The molecular formula is C22H28FN3O2. The molecule has 2 aromatic carbocycles. The van der Waals surface area contributed by atoms with Crippen molar-refractivity contribution in [1.82, 2.24) is 10.2 Å². The Kier molecular flexibility index (Phi) is 6.39. The van der Waals surface area contributed by atoms with Gasteiger partial charge in [0.25, 0.3) is 0 Å². The molecule has 0 radical (unpaired) electrons. The van der Waals surface area contributed by atoms with Gasteiger partial charge in [-0.05, 0) is 42.2 Å². The molecule has 3 rings (SSSR count). The number of hydrogen-bond donors (Lipinski definition) is 1. The Hall–Kier alpha value is -2.76. The number of nitrogens with one attached hydrogen (secondary N) is 1. The highest BCUT2D eigenvalue weighted by Crippen LogP contribution is 2.41. The van der Waals surface area contributed by atoms with Crippen LogP contribution < -0.4 is 14.8 Å². The molecular weight excluding hydrogens is 357 g/mol. The lowest BCUT2D eigenvalue weighted by Gasteiger charge is -2.22. The van der Waals surface area contributed by atoms with Crippen LogP contribution in [-0.2, 0) is 6.42 Å². The van der Waals surface area contributed by atoms with Crippen molar-refractivity contribution in [3.63, 3.8) is 0 Å². The largest absolute Gasteiger partial charge is 0.493 e. The number of nitrogens with zero attached hydrogens (tertiary/aromatic N) is 2. The zero-order valence-corrected chi connectivity index (χ0v) is 16.9. The molecule has 0 aliphatic heterocycles. The van der Waals surface area contributed by atoms with Crippen LogP contribution in [0.2, 0.25) is 0 Å². The minimum Gasteiger partial charge on any atom is -0.493 e. The molecule has 150 valence electrons. The van der Waals surface area contributed by atoms with Crippen LogP contribution in [-0.4, -0.2) is 51.8 Å². The second-order valence-electron chi connectivity index (χ2n) is 7.02. The van der Waals surface area contributed by atoms with Crippen LogP contribution in [0, 0.1) is 5.82 Å². The molecule has 1 fully saturated rings. The van der Waals surface area contributed by atoms with Gasteiger partial charge in [0.15, 0.2) is 17.5 Å². The predicted octanol–water partition coefficient (Wildman–Crippen LogP) is 3.45. The first-order chi connectivity index (χ1) is 13.6. The van der Waals surface area contributed by atoms with Crippen LogP contribution in [0.1, 0.15) is 23.5 Å². The Morgan fingerprint density at radius 2 is 1.93 bits per heavy atom. The van der Waals surface area contributed by atoms with E-state index in [1.54, 1.807) is 27.3 Å². The lowest BCUT2D eigenvalue weighted by atomic mass is 10.1. The van der Waals surface area contributed by atoms with E-state index in [4.69, 9.17) is 9.47 Å². The standard InChI is InChI=1S/C22H28FN3O2/c1-24-22(25-19-14-17(19)16-7-5-6-8-18(16)23)26(2)12-11-15-9-10-20(27-3)21(13-15)28-4/h5-10,13,17,19H,11-12,14H2,1-4H3,(H,24,25). The molecule has 0 amide bonds. The third kappa shape index (κ3) is 4.55. The fourth-order valence-electron chi connectivity index (χ4n) is 3.42. The number of halogens is 1. The molecule has 1 N–H and O–H groups in total. The number of methoxy groups -OCH3 is 2. The summed E-state index contributed by atoms with van der Waals surface area (Å²) < 4.78 is 24.6. The highest BCUT2D eigenvalue weighted by Gasteiger charge is 2.40. The van der Waals surface area contributed by atoms with Gasteiger partial charge in [0, 0.05) is 32.6 Å². The van der Waals surface area contributed by atoms with E-state index in [1.165, 1.54) is 6.07 Å². The Balaban J connectivity index is 1.55. The molecule has 6 heteroatoms. The summed E-state index contributed by atoms with van der Waals surface area (Å²) >= 11 is 0. The fourth-order valence-corrected chi connectivity index (χ4v) is 3.42. The maximum absolute atomic E-state index is 14.0. The molecule has 0 aromatic heterocycles. The van der Waals surface area contributed by atoms with Crippen molar-refractivity contribution in [2.45, 2.75) is 24.8 Å². The van der Waals surface area contributed by atoms with Gasteiger partial charge in [-0.3, -0.25) is 4.99 Å². The van der Waals surface area contributed by atoms with Gasteiger partial charge >= 0.3 is 0 Å². The van der Waals surface area contributed by atoms with Gasteiger partial charge in [-0.2, -0.15) is 0 Å². The number of benzene rings is 2. The maximum Gasteiger partial charge on any atom is 0.193 e. The molecule has 2 aromatic rings. The first-order valence-corrected chi connectivity index (χ1v) is 9.47. The molecule has 0 spiro atoms. The van der Waals surface area contributed by atoms with Crippen molar-refractivity contribution >= 4 is 5.96 Å². The van der Waals surface area contributed by atoms with Gasteiger partial charge in [-0.1, -0.05) is 24.3 Å². The smallest absolute Gasteiger partial charge is 0.193 e. The van der Waals surface area contributed by atoms with Gasteiger partial charge in [0.2, 0.25) is 0 Å². The number of likely N-dealkylation sites (N-methyl/N-ethyl adjacent to an activating group) is 1. The molecule has 1 saturated carbocycles. The van der Waals surface area contributed by atoms with E-state index in [0.29, 0.717) is 0 Å². The van der Waals surface area contributed by atoms with Gasteiger partial charge in [-0.15, -0.1) is 0 Å². The number of aliphatic imine (C=N–C) groups is 1. The second kappa shape index (κ2) is 8.95. The maximum atomic E-state index is 14.0. The van der Waals surface area contributed by atoms with E-state index >= 15 is 0 Å². The first-order valence-electron chi connectivity index (χ1n) is 9.47. The normalized spacial score (nSPS) is 18.5. The van der Waals surface area contributed by atoms with E-state index in [9.17, 15) is 4.39 Å². The van der Waals surface area contributed by atoms with E-state index in [-0.39, 0.29) is 17.8 Å². The summed E-state index contributed by atoms with van der Waals surface area (Å²) in [5, 5.41) is 3.46. The van der Waals surface area contributed by atoms with Crippen molar-refractivity contribution in [3.8, 4) is 11.5 Å². The molecule has 2 atom stereocenters. The minimum atomic E-state index is -0.131. The summed E-state index contributed by atoms with van der Waals surface area (Å²) in [5.74, 6) is 2.36. The second-order valence-corrected chi connectivity index (χ2v) is 7.02. The third-order valence-corrected chi connectivity index (χ3v) is 5.17. The van der Waals surface area contributed by atoms with Crippen LogP contribution in [0.4, 0.5) is 4.39 Å². The van der Waals surface area contributed by atoms with Crippen molar-refractivity contribution in [2.24, 2.45) is 4.99 Å². The summed E-state index contributed by atoms with van der Waals surface area (Å²) in [6.07, 6.45) is 1.77. The number of rotatable bonds is 7. The van der Waals surface area contributed by atoms with Crippen LogP contribution in [0.25, 0.3) is 0 Å². The Labute approximate surface area is 166 Å². The zero-order valence-electron chi connectivity index (χ0n) is 16.9. The fraction of sp³-hybridized carbons (Fsp3) is 0.409. The quantitative estimate of drug-likeness (QED) is 0.586. The van der Waals surface area contributed by atoms with Crippen molar-refractivity contribution < 1.29 is 13.9 Å². The van der Waals surface area contributed by atoms with Crippen LogP contribution in [0.3, 0.4) is 0 Å². The lowest BCUT2D eigenvalue weighted by molar-refractivity contribution is 0.354. The summed E-state index contributed by atoms with van der Waals surface area (Å²) in [5.41, 5.74) is 1.94. The Morgan fingerprint density at radius 1 is 1.18 bits per heavy atom. The SMILES string of the molecule is CN=C(NC1CC1c1ccccc1F)N(C)CCc1ccc(OC)c(OC)c1. The van der Waals surface area contributed by atoms with Gasteiger partial charge in [-0.25, -0.2) is 4.39 Å². The van der Waals surface area contributed by atoms with Crippen molar-refractivity contribution in [2.75, 3.05) is 34.9 Å². The first kappa shape index (κ1) is 20.0. The van der Waals surface area contributed by atoms with Crippen LogP contribution >= 0.6 is 0 Å². The summed E-state index contributed by atoms with van der Waals surface area (Å²) in [4.78, 5) is 6.48. The zero-order chi connectivity index (χ0) is 20.1. The van der Waals surface area contributed by atoms with E-state index < -0.39 is 0 Å². The average molecular weight is 385 g/mol. The van der Waals surface area contributed by atoms with Gasteiger partial charge in [0.05, 0.1) is 14.2 Å². The Morgan fingerprint density at radius 3 is 2.61 bits per heavy atom. The molecule has 0 heterocycles. The van der Waals surface area contributed by atoms with Crippen LogP contribution in [0.5, 0.6) is 11.5 Å². The summed E-state index contributed by atoms with van der Waals surface area (Å²) in [6.45, 7) is 0.798. The molecule has 1 aliphatic rings. The molecule has 5 nitrogen and oxygen atoms in total. The van der Waals surface area contributed by atoms with Crippen molar-refractivity contribution in [1.29, 1.82) is 0 Å². The van der Waals surface area contributed by atoms with Gasteiger partial charge in [0.1, 0.15) is 5.82 Å². The third-order valence-electron chi connectivity index (χ3n) is 5.17. The lowest BCUT2D eigenvalue weighted by Crippen LogP contribution is -2.41. The Bertz CT molecular complexity index is 840. The van der Waals surface area contributed by atoms with Gasteiger partial charge < -0.3 is 19.7 Å². The minimum absolute atomic E-state index is 0.131. The molecule has 0 saturated heterocycles. The molecule has 1 aliphatic carbocycles. The van der Waals surface area contributed by atoms with E-state index in [2.05, 4.69) is 15.2 Å². The monoisotopic (exact) mass is 385 g/mol. The highest BCUT2D eigenvalue weighted by atomic mass is 19.1. The molecule has 0 bridgehead atoms. The molecule has 28 heavy (non-hydrogen) atoms. The predicted molar refractivity (Wildman–Crippen MR) is 110 cm³/mol. The number of hydrogen-bond acceptors (Lipinski definition) is 3. The molecule has 2 unspecified atom stereocenters. The summed E-state index contributed by atoms with van der Waals surface area (Å²) in [7, 11) is 7.06. The average Bonchev–Trinajstić information content (AvgIpc) is 3.49. The van der Waals surface area contributed by atoms with E-state index in [0.717, 1.165) is 48.0 Å². The summed E-state index contributed by atoms with van der Waals surface area (Å²) in [6, 6.07) is 13.2. The van der Waals surface area contributed by atoms with E-state index in [1.807, 2.05) is 37.4 Å². The van der Waals surface area contributed by atoms with Crippen LogP contribution in [0.15, 0.2) is 47.5 Å². The highest BCUT2D eigenvalue weighted by molar-refractivity contribution is 5.80. The topological polar surface area (TPSA) is 46.1 Å². The van der Waals surface area contributed by atoms with Crippen molar-refractivity contribution in [3.05, 3.63) is 59.4 Å². The number of ether oxygens (including phenoxy) is 2.